The van der Waals surface area contributed by atoms with Crippen LogP contribution in [0.3, 0.4) is 0 Å². The molecule has 166 valence electrons. The number of guanidine groups is 1. The first-order valence-corrected chi connectivity index (χ1v) is 10.0. The van der Waals surface area contributed by atoms with Gasteiger partial charge in [-0.1, -0.05) is 36.4 Å². The minimum absolute atomic E-state index is 0. The van der Waals surface area contributed by atoms with Crippen LogP contribution in [0.5, 0.6) is 5.75 Å². The van der Waals surface area contributed by atoms with Crippen LogP contribution in [0.2, 0.25) is 0 Å². The molecule has 2 aromatic rings. The smallest absolute Gasteiger partial charge is 0.191 e. The number of nitrogens with zero attached hydrogens (tertiary/aromatic N) is 1. The maximum atomic E-state index is 5.40. The van der Waals surface area contributed by atoms with E-state index in [2.05, 4.69) is 34.9 Å². The summed E-state index contributed by atoms with van der Waals surface area (Å²) in [4.78, 5) is 4.72. The van der Waals surface area contributed by atoms with Gasteiger partial charge >= 0.3 is 0 Å². The predicted molar refractivity (Wildman–Crippen MR) is 133 cm³/mol. The molecule has 0 fully saturated rings. The summed E-state index contributed by atoms with van der Waals surface area (Å²) < 4.78 is 15.8. The summed E-state index contributed by atoms with van der Waals surface area (Å²) in [6.07, 6.45) is 0.933. The van der Waals surface area contributed by atoms with Crippen LogP contribution in [0.25, 0.3) is 0 Å². The summed E-state index contributed by atoms with van der Waals surface area (Å²) >= 11 is 0. The van der Waals surface area contributed by atoms with Gasteiger partial charge in [-0.2, -0.15) is 0 Å². The van der Waals surface area contributed by atoms with Crippen LogP contribution < -0.4 is 15.4 Å². The fourth-order valence-corrected chi connectivity index (χ4v) is 2.71. The molecule has 2 aromatic carbocycles. The van der Waals surface area contributed by atoms with E-state index in [4.69, 9.17) is 19.2 Å². The lowest BCUT2D eigenvalue weighted by Crippen LogP contribution is -2.37. The molecule has 2 rings (SSSR count). The van der Waals surface area contributed by atoms with Gasteiger partial charge in [0.05, 0.1) is 20.3 Å². The van der Waals surface area contributed by atoms with Crippen molar-refractivity contribution >= 4 is 29.9 Å². The molecule has 0 amide bonds. The van der Waals surface area contributed by atoms with Crippen LogP contribution in [0.1, 0.15) is 30.0 Å². The third-order valence-corrected chi connectivity index (χ3v) is 4.33. The molecule has 0 atom stereocenters. The fraction of sp³-hybridized carbons (Fsp3) is 0.435. The van der Waals surface area contributed by atoms with Crippen LogP contribution in [-0.4, -0.2) is 39.9 Å². The van der Waals surface area contributed by atoms with Gasteiger partial charge < -0.3 is 24.8 Å². The summed E-state index contributed by atoms with van der Waals surface area (Å²) in [6, 6.07) is 16.4. The van der Waals surface area contributed by atoms with Crippen LogP contribution >= 0.6 is 24.0 Å². The number of hydrogen-bond donors (Lipinski definition) is 2. The zero-order chi connectivity index (χ0) is 20.7. The van der Waals surface area contributed by atoms with Crippen molar-refractivity contribution < 1.29 is 14.2 Å². The molecule has 0 unspecified atom stereocenters. The van der Waals surface area contributed by atoms with Gasteiger partial charge in [0.1, 0.15) is 5.75 Å². The number of rotatable bonds is 12. The second-order valence-corrected chi connectivity index (χ2v) is 6.59. The molecule has 0 heterocycles. The Hall–Kier alpha value is -1.84. The Morgan fingerprint density at radius 2 is 1.57 bits per heavy atom. The van der Waals surface area contributed by atoms with Crippen molar-refractivity contribution in [1.82, 2.24) is 10.6 Å². The number of methoxy groups -OCH3 is 2. The molecule has 2 N–H and O–H groups in total. The maximum Gasteiger partial charge on any atom is 0.191 e. The largest absolute Gasteiger partial charge is 0.497 e. The molecule has 0 aliphatic carbocycles. The Bertz CT molecular complexity index is 721. The molecule has 0 aliphatic heterocycles. The van der Waals surface area contributed by atoms with Gasteiger partial charge in [-0.25, -0.2) is 4.99 Å². The normalized spacial score (nSPS) is 11.0. The highest BCUT2D eigenvalue weighted by Crippen LogP contribution is 2.12. The molecule has 0 aromatic heterocycles. The van der Waals surface area contributed by atoms with E-state index in [0.717, 1.165) is 43.5 Å². The molecule has 0 radical (unpaired) electrons. The highest BCUT2D eigenvalue weighted by Gasteiger charge is 2.01. The van der Waals surface area contributed by atoms with E-state index in [1.165, 1.54) is 11.1 Å². The van der Waals surface area contributed by atoms with E-state index < -0.39 is 0 Å². The van der Waals surface area contributed by atoms with Crippen molar-refractivity contribution in [2.45, 2.75) is 33.0 Å². The molecular weight excluding hydrogens is 493 g/mol. The molecule has 0 saturated carbocycles. The monoisotopic (exact) mass is 527 g/mol. The van der Waals surface area contributed by atoms with E-state index in [1.54, 1.807) is 14.2 Å². The minimum atomic E-state index is 0. The number of aliphatic imine (C=N–C) groups is 1. The van der Waals surface area contributed by atoms with Crippen LogP contribution in [0.15, 0.2) is 53.5 Å². The topological polar surface area (TPSA) is 64.1 Å². The van der Waals surface area contributed by atoms with E-state index >= 15 is 0 Å². The van der Waals surface area contributed by atoms with E-state index in [9.17, 15) is 0 Å². The zero-order valence-corrected chi connectivity index (χ0v) is 20.5. The Morgan fingerprint density at radius 1 is 0.900 bits per heavy atom. The summed E-state index contributed by atoms with van der Waals surface area (Å²) in [5.41, 5.74) is 3.49. The van der Waals surface area contributed by atoms with Crippen LogP contribution in [-0.2, 0) is 29.2 Å². The molecule has 6 nitrogen and oxygen atoms in total. The third-order valence-electron chi connectivity index (χ3n) is 4.33. The second kappa shape index (κ2) is 15.9. The molecule has 30 heavy (non-hydrogen) atoms. The Labute approximate surface area is 197 Å². The van der Waals surface area contributed by atoms with Gasteiger partial charge in [-0.05, 0) is 42.2 Å². The van der Waals surface area contributed by atoms with E-state index in [-0.39, 0.29) is 24.0 Å². The lowest BCUT2D eigenvalue weighted by molar-refractivity contribution is 0.145. The number of ether oxygens (including phenoxy) is 3. The average Bonchev–Trinajstić information content (AvgIpc) is 2.76. The average molecular weight is 527 g/mol. The number of halogens is 1. The first-order valence-electron chi connectivity index (χ1n) is 10.0. The maximum absolute atomic E-state index is 5.40. The van der Waals surface area contributed by atoms with Crippen molar-refractivity contribution in [2.24, 2.45) is 4.99 Å². The Balaban J connectivity index is 0.00000450. The lowest BCUT2D eigenvalue weighted by atomic mass is 10.1. The summed E-state index contributed by atoms with van der Waals surface area (Å²) in [7, 11) is 3.38. The van der Waals surface area contributed by atoms with Crippen LogP contribution in [0, 0.1) is 0 Å². The van der Waals surface area contributed by atoms with Gasteiger partial charge in [0.25, 0.3) is 0 Å². The highest BCUT2D eigenvalue weighted by atomic mass is 127. The molecule has 0 aliphatic rings. The first kappa shape index (κ1) is 26.2. The summed E-state index contributed by atoms with van der Waals surface area (Å²) in [5, 5.41) is 6.80. The van der Waals surface area contributed by atoms with Gasteiger partial charge in [0, 0.05) is 33.4 Å². The molecule has 7 heteroatoms. The van der Waals surface area contributed by atoms with Crippen molar-refractivity contribution in [3.05, 3.63) is 65.2 Å². The quantitative estimate of drug-likeness (QED) is 0.188. The molecule has 0 saturated heterocycles. The van der Waals surface area contributed by atoms with E-state index in [1.807, 2.05) is 31.2 Å². The molecular formula is C23H34IN3O3. The van der Waals surface area contributed by atoms with Crippen molar-refractivity contribution in [3.8, 4) is 5.75 Å². The fourth-order valence-electron chi connectivity index (χ4n) is 2.71. The van der Waals surface area contributed by atoms with Crippen LogP contribution in [0.4, 0.5) is 0 Å². The van der Waals surface area contributed by atoms with Gasteiger partial charge in [0.2, 0.25) is 0 Å². The summed E-state index contributed by atoms with van der Waals surface area (Å²) in [6.45, 7) is 6.23. The van der Waals surface area contributed by atoms with Gasteiger partial charge in [-0.15, -0.1) is 24.0 Å². The highest BCUT2D eigenvalue weighted by molar-refractivity contribution is 14.0. The predicted octanol–water partition coefficient (Wildman–Crippen LogP) is 4.12. The molecule has 0 spiro atoms. The van der Waals surface area contributed by atoms with Gasteiger partial charge in [0.15, 0.2) is 5.96 Å². The van der Waals surface area contributed by atoms with Crippen molar-refractivity contribution in [1.29, 1.82) is 0 Å². The standard InChI is InChI=1S/C23H33N3O3.HI/c1-4-29-15-5-14-24-23(26-17-20-10-12-22(28-3)13-11-20)25-16-19-6-8-21(9-7-19)18-27-2;/h6-13H,4-5,14-18H2,1-3H3,(H2,24,25,26);1H. The zero-order valence-electron chi connectivity index (χ0n) is 18.1. The summed E-state index contributed by atoms with van der Waals surface area (Å²) in [5.74, 6) is 1.64. The number of hydrogen-bond acceptors (Lipinski definition) is 4. The Kier molecular flexibility index (Phi) is 13.9. The molecule has 0 bridgehead atoms. The minimum Gasteiger partial charge on any atom is -0.497 e. The first-order chi connectivity index (χ1) is 14.2. The van der Waals surface area contributed by atoms with Crippen molar-refractivity contribution in [3.63, 3.8) is 0 Å². The SMILES string of the molecule is CCOCCCNC(=NCc1ccc(OC)cc1)NCc1ccc(COC)cc1.I. The second-order valence-electron chi connectivity index (χ2n) is 6.59. The van der Waals surface area contributed by atoms with Gasteiger partial charge in [-0.3, -0.25) is 0 Å². The third kappa shape index (κ3) is 10.3. The van der Waals surface area contributed by atoms with E-state index in [0.29, 0.717) is 19.7 Å². The lowest BCUT2D eigenvalue weighted by Gasteiger charge is -2.13. The Morgan fingerprint density at radius 3 is 2.20 bits per heavy atom. The number of benzene rings is 2. The number of nitrogens with one attached hydrogen (secondary N) is 2. The van der Waals surface area contributed by atoms with Crippen molar-refractivity contribution in [2.75, 3.05) is 34.0 Å².